The summed E-state index contributed by atoms with van der Waals surface area (Å²) in [6.45, 7) is 14.4. The predicted molar refractivity (Wildman–Crippen MR) is 193 cm³/mol. The number of carbonyl (C=O) groups excluding carboxylic acids is 2. The Bertz CT molecular complexity index is 1910. The molecule has 0 saturated carbocycles. The van der Waals surface area contributed by atoms with Gasteiger partial charge in [-0.15, -0.1) is 0 Å². The minimum Gasteiger partial charge on any atom is -0.494 e. The van der Waals surface area contributed by atoms with Crippen molar-refractivity contribution in [3.63, 3.8) is 0 Å². The molecule has 1 N–H and O–H groups in total. The van der Waals surface area contributed by atoms with E-state index in [1.165, 1.54) is 7.41 Å². The van der Waals surface area contributed by atoms with E-state index in [-0.39, 0.29) is 17.5 Å². The molecule has 2 aromatic carbocycles. The number of methoxy groups -OCH3 is 1. The first-order valence-electron chi connectivity index (χ1n) is 15.9. The molecule has 0 bridgehead atoms. The smallest absolute Gasteiger partial charge is 0.329 e. The molecule has 3 heterocycles. The van der Waals surface area contributed by atoms with E-state index in [1.807, 2.05) is 39.8 Å². The fourth-order valence-corrected chi connectivity index (χ4v) is 6.78. The molecule has 0 aliphatic carbocycles. The van der Waals surface area contributed by atoms with Gasteiger partial charge in [-0.25, -0.2) is 9.97 Å². The van der Waals surface area contributed by atoms with Gasteiger partial charge in [0.1, 0.15) is 24.5 Å². The minimum atomic E-state index is -2.08. The van der Waals surface area contributed by atoms with Gasteiger partial charge >= 0.3 is 7.41 Å². The SMILES string of the molecule is COc1cc2c(ccn2CC(=O)N(C)C)cc1Nc1nccc(-c2cc(C#N)c3c(c2)[C@@](C)(CO[Si](C)(C)C(C)(C)C)CN3[B]C=O)n1. The summed E-state index contributed by atoms with van der Waals surface area (Å²) < 4.78 is 14.3. The number of ether oxygens (including phenoxy) is 1. The number of nitriles is 1. The molecule has 0 saturated heterocycles. The van der Waals surface area contributed by atoms with E-state index < -0.39 is 13.7 Å². The van der Waals surface area contributed by atoms with Crippen LogP contribution >= 0.6 is 0 Å². The van der Waals surface area contributed by atoms with Crippen molar-refractivity contribution in [3.8, 4) is 23.1 Å². The van der Waals surface area contributed by atoms with Gasteiger partial charge in [-0.1, -0.05) is 27.7 Å². The Morgan fingerprint density at radius 2 is 1.98 bits per heavy atom. The van der Waals surface area contributed by atoms with Gasteiger partial charge in [0, 0.05) is 67.8 Å². The van der Waals surface area contributed by atoms with Crippen LogP contribution in [-0.2, 0) is 26.0 Å². The third-order valence-electron chi connectivity index (χ3n) is 9.58. The van der Waals surface area contributed by atoms with Gasteiger partial charge in [-0.2, -0.15) is 5.26 Å². The van der Waals surface area contributed by atoms with E-state index in [9.17, 15) is 14.9 Å². The Morgan fingerprint density at radius 3 is 2.62 bits per heavy atom. The summed E-state index contributed by atoms with van der Waals surface area (Å²) in [4.78, 5) is 36.7. The summed E-state index contributed by atoms with van der Waals surface area (Å²) in [5, 5.41) is 14.5. The van der Waals surface area contributed by atoms with Crippen LogP contribution in [0, 0.1) is 11.3 Å². The molecule has 0 fully saturated rings. The van der Waals surface area contributed by atoms with Crippen LogP contribution in [0.2, 0.25) is 18.1 Å². The number of carbonyl (C=O) groups is 2. The second kappa shape index (κ2) is 13.1. The normalized spacial score (nSPS) is 16.0. The summed E-state index contributed by atoms with van der Waals surface area (Å²) in [5.41, 5.74) is 4.56. The number of anilines is 3. The monoisotopic (exact) mass is 664 g/mol. The fourth-order valence-electron chi connectivity index (χ4n) is 5.67. The molecule has 249 valence electrons. The highest BCUT2D eigenvalue weighted by Crippen LogP contribution is 2.46. The molecular formula is C35H43BN7O4Si. The second-order valence-corrected chi connectivity index (χ2v) is 19.1. The average molecular weight is 665 g/mol. The first-order valence-corrected chi connectivity index (χ1v) is 18.8. The zero-order chi connectivity index (χ0) is 35.0. The highest BCUT2D eigenvalue weighted by Gasteiger charge is 2.44. The van der Waals surface area contributed by atoms with Crippen LogP contribution in [0.1, 0.15) is 38.8 Å². The highest BCUT2D eigenvalue weighted by atomic mass is 28.4. The van der Waals surface area contributed by atoms with Crippen molar-refractivity contribution in [1.82, 2.24) is 19.4 Å². The molecule has 1 atom stereocenters. The van der Waals surface area contributed by atoms with Gasteiger partial charge in [-0.05, 0) is 54.0 Å². The van der Waals surface area contributed by atoms with E-state index in [1.54, 1.807) is 38.4 Å². The Labute approximate surface area is 284 Å². The van der Waals surface area contributed by atoms with Crippen molar-refractivity contribution < 1.29 is 18.8 Å². The van der Waals surface area contributed by atoms with Crippen LogP contribution in [0.25, 0.3) is 22.2 Å². The number of hydrogen-bond donors (Lipinski definition) is 1. The van der Waals surface area contributed by atoms with E-state index in [0.717, 1.165) is 33.9 Å². The Hall–Kier alpha value is -4.67. The summed E-state index contributed by atoms with van der Waals surface area (Å²) >= 11 is 0. The topological polar surface area (TPSA) is 126 Å². The lowest BCUT2D eigenvalue weighted by molar-refractivity contribution is -0.129. The number of benzene rings is 2. The summed E-state index contributed by atoms with van der Waals surface area (Å²) in [6.07, 6.45) is 4.31. The van der Waals surface area contributed by atoms with Crippen molar-refractivity contribution in [2.24, 2.45) is 0 Å². The average Bonchev–Trinajstić information content (AvgIpc) is 3.56. The number of hydrogen-bond acceptors (Lipinski definition) is 9. The van der Waals surface area contributed by atoms with Crippen LogP contribution in [-0.4, -0.2) is 81.6 Å². The van der Waals surface area contributed by atoms with Gasteiger partial charge in [0.2, 0.25) is 11.9 Å². The minimum absolute atomic E-state index is 0.0111. The van der Waals surface area contributed by atoms with Crippen molar-refractivity contribution in [1.29, 1.82) is 5.26 Å². The molecule has 2 aromatic heterocycles. The van der Waals surface area contributed by atoms with Crippen molar-refractivity contribution >= 4 is 56.1 Å². The Morgan fingerprint density at radius 1 is 1.23 bits per heavy atom. The number of likely N-dealkylation sites (N-methyl/N-ethyl adjacent to an activating group) is 1. The molecule has 48 heavy (non-hydrogen) atoms. The lowest BCUT2D eigenvalue weighted by Crippen LogP contribution is -2.46. The lowest BCUT2D eigenvalue weighted by atomic mass is 9.83. The van der Waals surface area contributed by atoms with Crippen molar-refractivity contribution in [3.05, 3.63) is 59.9 Å². The molecule has 1 radical (unpaired) electrons. The molecule has 1 amide bonds. The van der Waals surface area contributed by atoms with Gasteiger partial charge in [0.25, 0.3) is 0 Å². The third-order valence-corrected chi connectivity index (χ3v) is 14.1. The first kappa shape index (κ1) is 34.7. The Balaban J connectivity index is 1.50. The maximum absolute atomic E-state index is 12.4. The standard InChI is InChI=1S/C35H43BN7O4Si/c1-34(2,3)48(8,9)47-21-35(4)20-43(36-22-44)32-25(18-37)14-24(15-26(32)35)27-10-12-38-33(39-27)40-28-16-23-11-13-42(19-31(45)41(5)6)29(23)17-30(28)46-7/h10-17,22H,19-21H2,1-9H3,(H,38,39,40)/t35-/m1/s1. The number of aromatic nitrogens is 3. The van der Waals surface area contributed by atoms with E-state index in [0.29, 0.717) is 41.8 Å². The van der Waals surface area contributed by atoms with Gasteiger partial charge in [0.05, 0.1) is 29.6 Å². The van der Waals surface area contributed by atoms with Crippen LogP contribution < -0.4 is 14.9 Å². The summed E-state index contributed by atoms with van der Waals surface area (Å²) in [5.74, 6) is 0.913. The van der Waals surface area contributed by atoms with E-state index >= 15 is 0 Å². The van der Waals surface area contributed by atoms with Crippen LogP contribution in [0.3, 0.4) is 0 Å². The lowest BCUT2D eigenvalue weighted by Gasteiger charge is -2.39. The largest absolute Gasteiger partial charge is 0.494 e. The molecule has 0 spiro atoms. The number of amides is 1. The summed E-state index contributed by atoms with van der Waals surface area (Å²) in [6, 6.07) is 13.8. The zero-order valence-electron chi connectivity index (χ0n) is 29.2. The van der Waals surface area contributed by atoms with Crippen LogP contribution in [0.5, 0.6) is 5.75 Å². The second-order valence-electron chi connectivity index (χ2n) is 14.3. The van der Waals surface area contributed by atoms with Crippen LogP contribution in [0.4, 0.5) is 17.3 Å². The van der Waals surface area contributed by atoms with Gasteiger partial charge in [0.15, 0.2) is 8.32 Å². The number of nitrogens with zero attached hydrogens (tertiary/aromatic N) is 6. The highest BCUT2D eigenvalue weighted by molar-refractivity contribution is 6.74. The molecule has 11 nitrogen and oxygen atoms in total. The van der Waals surface area contributed by atoms with Crippen LogP contribution in [0.15, 0.2) is 48.8 Å². The first-order chi connectivity index (χ1) is 22.6. The number of fused-ring (bicyclic) bond motifs is 2. The molecule has 13 heteroatoms. The summed E-state index contributed by atoms with van der Waals surface area (Å²) in [7, 11) is 4.47. The zero-order valence-corrected chi connectivity index (χ0v) is 30.2. The number of rotatable bonds is 11. The fraction of sp³-hybridized carbons (Fsp3) is 0.400. The predicted octanol–water partition coefficient (Wildman–Crippen LogP) is 5.72. The molecular weight excluding hydrogens is 621 g/mol. The number of nitrogens with one attached hydrogen (secondary N) is 1. The third kappa shape index (κ3) is 6.68. The van der Waals surface area contributed by atoms with Gasteiger partial charge < -0.3 is 33.6 Å². The molecule has 1 aliphatic rings. The molecule has 4 aromatic rings. The van der Waals surface area contributed by atoms with Crippen molar-refractivity contribution in [2.75, 3.05) is 44.5 Å². The van der Waals surface area contributed by atoms with Gasteiger partial charge in [-0.3, -0.25) is 4.79 Å². The Kier molecular flexibility index (Phi) is 9.45. The van der Waals surface area contributed by atoms with Crippen molar-refractivity contribution in [2.45, 2.75) is 57.8 Å². The maximum atomic E-state index is 12.4. The quantitative estimate of drug-likeness (QED) is 0.158. The molecule has 0 unspecified atom stereocenters. The molecule has 5 rings (SSSR count). The molecule has 1 aliphatic heterocycles. The van der Waals surface area contributed by atoms with E-state index in [2.05, 4.69) is 63.2 Å². The van der Waals surface area contributed by atoms with E-state index in [4.69, 9.17) is 14.1 Å². The maximum Gasteiger partial charge on any atom is 0.329 e.